The van der Waals surface area contributed by atoms with Gasteiger partial charge in [-0.2, -0.15) is 0 Å². The van der Waals surface area contributed by atoms with Gasteiger partial charge < -0.3 is 10.2 Å². The standard InChI is InChI=1S/C26H27N3O2S/c30-29(31)24-15-13-21(14-16-24)19-28(25(32)27-23-11-5-2-6-12-23)20-26(17-7-8-18-26)22-9-3-1-4-10-22/h1-6,9-16H,7-8,17-20H2,(H,27,32). The number of non-ortho nitro benzene ring substituents is 1. The third kappa shape index (κ3) is 5.14. The molecule has 6 heteroatoms. The predicted octanol–water partition coefficient (Wildman–Crippen LogP) is 6.31. The molecule has 0 heterocycles. The van der Waals surface area contributed by atoms with Crippen LogP contribution in [0.15, 0.2) is 84.9 Å². The molecule has 0 atom stereocenters. The molecule has 3 aromatic rings. The summed E-state index contributed by atoms with van der Waals surface area (Å²) in [6.45, 7) is 1.39. The smallest absolute Gasteiger partial charge is 0.269 e. The second-order valence-electron chi connectivity index (χ2n) is 8.43. The quantitative estimate of drug-likeness (QED) is 0.262. The fourth-order valence-corrected chi connectivity index (χ4v) is 4.86. The minimum atomic E-state index is -0.369. The molecule has 0 radical (unpaired) electrons. The fraction of sp³-hybridized carbons (Fsp3) is 0.269. The van der Waals surface area contributed by atoms with Crippen LogP contribution in [0.25, 0.3) is 0 Å². The molecular formula is C26H27N3O2S. The molecule has 3 aromatic carbocycles. The number of nitro groups is 1. The maximum atomic E-state index is 11.0. The zero-order valence-electron chi connectivity index (χ0n) is 17.9. The SMILES string of the molecule is O=[N+]([O-])c1ccc(CN(CC2(c3ccccc3)CCCC2)C(=S)Nc2ccccc2)cc1. The van der Waals surface area contributed by atoms with E-state index in [4.69, 9.17) is 12.2 Å². The van der Waals surface area contributed by atoms with E-state index in [2.05, 4.69) is 40.5 Å². The topological polar surface area (TPSA) is 58.4 Å². The molecule has 0 bridgehead atoms. The van der Waals surface area contributed by atoms with Gasteiger partial charge in [0.2, 0.25) is 0 Å². The first-order valence-electron chi connectivity index (χ1n) is 11.0. The van der Waals surface area contributed by atoms with Gasteiger partial charge in [-0.25, -0.2) is 0 Å². The van der Waals surface area contributed by atoms with E-state index in [0.717, 1.165) is 30.6 Å². The summed E-state index contributed by atoms with van der Waals surface area (Å²) < 4.78 is 0. The van der Waals surface area contributed by atoms with E-state index in [1.807, 2.05) is 42.5 Å². The van der Waals surface area contributed by atoms with E-state index < -0.39 is 0 Å². The van der Waals surface area contributed by atoms with Crippen molar-refractivity contribution in [2.75, 3.05) is 11.9 Å². The van der Waals surface area contributed by atoms with E-state index in [1.54, 1.807) is 12.1 Å². The van der Waals surface area contributed by atoms with Crippen LogP contribution in [0.5, 0.6) is 0 Å². The number of nitrogens with one attached hydrogen (secondary N) is 1. The fourth-order valence-electron chi connectivity index (χ4n) is 4.61. The summed E-state index contributed by atoms with van der Waals surface area (Å²) in [5.41, 5.74) is 3.45. The predicted molar refractivity (Wildman–Crippen MR) is 133 cm³/mol. The van der Waals surface area contributed by atoms with Gasteiger partial charge in [0.1, 0.15) is 0 Å². The van der Waals surface area contributed by atoms with Gasteiger partial charge in [-0.15, -0.1) is 0 Å². The van der Waals surface area contributed by atoms with Gasteiger partial charge in [0.15, 0.2) is 5.11 Å². The third-order valence-corrected chi connectivity index (χ3v) is 6.63. The maximum Gasteiger partial charge on any atom is 0.269 e. The van der Waals surface area contributed by atoms with E-state index in [1.165, 1.54) is 18.4 Å². The second-order valence-corrected chi connectivity index (χ2v) is 8.82. The summed E-state index contributed by atoms with van der Waals surface area (Å²) in [6.07, 6.45) is 4.67. The highest BCUT2D eigenvalue weighted by Crippen LogP contribution is 2.42. The molecule has 1 aliphatic rings. The molecule has 0 unspecified atom stereocenters. The third-order valence-electron chi connectivity index (χ3n) is 6.27. The number of rotatable bonds is 7. The first-order valence-corrected chi connectivity index (χ1v) is 11.4. The number of para-hydroxylation sites is 1. The van der Waals surface area contributed by atoms with Gasteiger partial charge in [-0.3, -0.25) is 10.1 Å². The maximum absolute atomic E-state index is 11.0. The van der Waals surface area contributed by atoms with E-state index >= 15 is 0 Å². The summed E-state index contributed by atoms with van der Waals surface area (Å²) in [6, 6.07) is 27.4. The molecule has 32 heavy (non-hydrogen) atoms. The number of anilines is 1. The Morgan fingerprint density at radius 2 is 1.53 bits per heavy atom. The summed E-state index contributed by atoms with van der Waals surface area (Å²) in [5.74, 6) is 0. The van der Waals surface area contributed by atoms with Crippen molar-refractivity contribution in [2.24, 2.45) is 0 Å². The Kier molecular flexibility index (Phi) is 6.81. The molecular weight excluding hydrogens is 418 g/mol. The number of nitro benzene ring substituents is 1. The van der Waals surface area contributed by atoms with E-state index in [-0.39, 0.29) is 16.0 Å². The highest BCUT2D eigenvalue weighted by atomic mass is 32.1. The molecule has 1 aliphatic carbocycles. The molecule has 0 spiro atoms. The zero-order valence-corrected chi connectivity index (χ0v) is 18.8. The lowest BCUT2D eigenvalue weighted by Gasteiger charge is -2.37. The average molecular weight is 446 g/mol. The van der Waals surface area contributed by atoms with Crippen molar-refractivity contribution in [1.82, 2.24) is 4.90 Å². The van der Waals surface area contributed by atoms with Gasteiger partial charge in [0.05, 0.1) is 4.92 Å². The van der Waals surface area contributed by atoms with Crippen molar-refractivity contribution >= 4 is 28.7 Å². The van der Waals surface area contributed by atoms with Crippen LogP contribution in [-0.4, -0.2) is 21.5 Å². The Balaban J connectivity index is 1.61. The molecule has 5 nitrogen and oxygen atoms in total. The normalized spacial score (nSPS) is 14.6. The lowest BCUT2D eigenvalue weighted by molar-refractivity contribution is -0.384. The highest BCUT2D eigenvalue weighted by Gasteiger charge is 2.37. The first-order chi connectivity index (χ1) is 15.6. The Labute approximate surface area is 194 Å². The number of nitrogens with zero attached hydrogens (tertiary/aromatic N) is 2. The van der Waals surface area contributed by atoms with Gasteiger partial charge in [0.25, 0.3) is 5.69 Å². The molecule has 0 aromatic heterocycles. The largest absolute Gasteiger partial charge is 0.344 e. The molecule has 164 valence electrons. The number of thiocarbonyl (C=S) groups is 1. The van der Waals surface area contributed by atoms with Gasteiger partial charge in [0, 0.05) is 36.3 Å². The Morgan fingerprint density at radius 1 is 0.938 bits per heavy atom. The van der Waals surface area contributed by atoms with Crippen molar-refractivity contribution in [1.29, 1.82) is 0 Å². The van der Waals surface area contributed by atoms with Crippen molar-refractivity contribution < 1.29 is 4.92 Å². The Morgan fingerprint density at radius 3 is 2.12 bits per heavy atom. The van der Waals surface area contributed by atoms with Crippen molar-refractivity contribution in [3.63, 3.8) is 0 Å². The minimum Gasteiger partial charge on any atom is -0.344 e. The Hall–Kier alpha value is -3.25. The highest BCUT2D eigenvalue weighted by molar-refractivity contribution is 7.80. The van der Waals surface area contributed by atoms with Gasteiger partial charge in [-0.05, 0) is 48.3 Å². The zero-order chi connectivity index (χ0) is 22.4. The summed E-state index contributed by atoms with van der Waals surface area (Å²) in [5, 5.41) is 15.1. The molecule has 1 saturated carbocycles. The van der Waals surface area contributed by atoms with Gasteiger partial charge >= 0.3 is 0 Å². The minimum absolute atomic E-state index is 0.0461. The molecule has 0 saturated heterocycles. The van der Waals surface area contributed by atoms with Crippen molar-refractivity contribution in [3.05, 3.63) is 106 Å². The summed E-state index contributed by atoms with van der Waals surface area (Å²) >= 11 is 5.86. The lowest BCUT2D eigenvalue weighted by Crippen LogP contribution is -2.44. The van der Waals surface area contributed by atoms with E-state index in [0.29, 0.717) is 11.7 Å². The average Bonchev–Trinajstić information content (AvgIpc) is 3.30. The number of hydrogen-bond acceptors (Lipinski definition) is 3. The molecule has 0 amide bonds. The van der Waals surface area contributed by atoms with Crippen LogP contribution >= 0.6 is 12.2 Å². The number of hydrogen-bond donors (Lipinski definition) is 1. The van der Waals surface area contributed by atoms with E-state index in [9.17, 15) is 10.1 Å². The van der Waals surface area contributed by atoms with Crippen LogP contribution in [-0.2, 0) is 12.0 Å². The molecule has 4 rings (SSSR count). The molecule has 1 fully saturated rings. The lowest BCUT2D eigenvalue weighted by atomic mass is 9.78. The van der Waals surface area contributed by atoms with Crippen molar-refractivity contribution in [3.8, 4) is 0 Å². The summed E-state index contributed by atoms with van der Waals surface area (Å²) in [4.78, 5) is 12.9. The monoisotopic (exact) mass is 445 g/mol. The number of benzene rings is 3. The van der Waals surface area contributed by atoms with Gasteiger partial charge in [-0.1, -0.05) is 73.5 Å². The molecule has 1 N–H and O–H groups in total. The van der Waals surface area contributed by atoms with Crippen molar-refractivity contribution in [2.45, 2.75) is 37.6 Å². The van der Waals surface area contributed by atoms with Crippen LogP contribution in [0.3, 0.4) is 0 Å². The van der Waals surface area contributed by atoms with Crippen LogP contribution in [0, 0.1) is 10.1 Å². The Bertz CT molecular complexity index is 1050. The van der Waals surface area contributed by atoms with Crippen LogP contribution in [0.1, 0.15) is 36.8 Å². The van der Waals surface area contributed by atoms with Crippen LogP contribution in [0.4, 0.5) is 11.4 Å². The summed E-state index contributed by atoms with van der Waals surface area (Å²) in [7, 11) is 0. The first kappa shape index (κ1) is 22.0. The van der Waals surface area contributed by atoms with Crippen LogP contribution in [0.2, 0.25) is 0 Å². The second kappa shape index (κ2) is 9.92. The molecule has 0 aliphatic heterocycles. The van der Waals surface area contributed by atoms with Crippen LogP contribution < -0.4 is 5.32 Å².